The van der Waals surface area contributed by atoms with Gasteiger partial charge in [0.1, 0.15) is 10.8 Å². The van der Waals surface area contributed by atoms with Crippen LogP contribution in [0.5, 0.6) is 0 Å². The number of hydrogen-bond acceptors (Lipinski definition) is 5. The molecular weight excluding hydrogens is 284 g/mol. The quantitative estimate of drug-likeness (QED) is 0.852. The predicted molar refractivity (Wildman–Crippen MR) is 83.2 cm³/mol. The van der Waals surface area contributed by atoms with Crippen LogP contribution in [0.4, 0.5) is 0 Å². The molecule has 3 rings (SSSR count). The first kappa shape index (κ1) is 14.7. The molecule has 0 amide bonds. The first-order valence-corrected chi connectivity index (χ1v) is 8.34. The SMILES string of the molecule is CCOCc1cnc2n1CCN(Cc1nc(C)cs1)[C@@H]2C. The molecule has 0 aromatic carbocycles. The van der Waals surface area contributed by atoms with Crippen molar-refractivity contribution in [3.63, 3.8) is 0 Å². The van der Waals surface area contributed by atoms with E-state index in [1.807, 2.05) is 20.0 Å². The zero-order chi connectivity index (χ0) is 14.8. The topological polar surface area (TPSA) is 43.2 Å². The molecule has 0 saturated heterocycles. The molecule has 0 fully saturated rings. The van der Waals surface area contributed by atoms with E-state index >= 15 is 0 Å². The van der Waals surface area contributed by atoms with E-state index in [2.05, 4.69) is 31.7 Å². The van der Waals surface area contributed by atoms with Gasteiger partial charge in [-0.1, -0.05) is 0 Å². The molecule has 3 heterocycles. The van der Waals surface area contributed by atoms with E-state index in [0.717, 1.165) is 37.8 Å². The second-order valence-corrected chi connectivity index (χ2v) is 6.37. The molecule has 1 aliphatic rings. The lowest BCUT2D eigenvalue weighted by atomic mass is 10.2. The Morgan fingerprint density at radius 1 is 1.43 bits per heavy atom. The molecule has 6 heteroatoms. The molecule has 0 bridgehead atoms. The molecule has 21 heavy (non-hydrogen) atoms. The molecule has 2 aromatic heterocycles. The number of fused-ring (bicyclic) bond motifs is 1. The monoisotopic (exact) mass is 306 g/mol. The third-order valence-corrected chi connectivity index (χ3v) is 4.91. The van der Waals surface area contributed by atoms with E-state index in [1.54, 1.807) is 11.3 Å². The molecule has 0 N–H and O–H groups in total. The summed E-state index contributed by atoms with van der Waals surface area (Å²) in [6.45, 7) is 10.6. The van der Waals surface area contributed by atoms with Crippen molar-refractivity contribution in [1.29, 1.82) is 0 Å². The van der Waals surface area contributed by atoms with E-state index in [4.69, 9.17) is 4.74 Å². The number of nitrogens with zero attached hydrogens (tertiary/aromatic N) is 4. The molecule has 114 valence electrons. The highest BCUT2D eigenvalue weighted by Gasteiger charge is 2.27. The summed E-state index contributed by atoms with van der Waals surface area (Å²) in [5.74, 6) is 1.14. The Kier molecular flexibility index (Phi) is 4.37. The summed E-state index contributed by atoms with van der Waals surface area (Å²) < 4.78 is 7.83. The number of aromatic nitrogens is 3. The maximum atomic E-state index is 5.52. The Hall–Kier alpha value is -1.24. The number of aryl methyl sites for hydroxylation is 1. The van der Waals surface area contributed by atoms with E-state index in [0.29, 0.717) is 12.6 Å². The summed E-state index contributed by atoms with van der Waals surface area (Å²) in [6.07, 6.45) is 1.96. The van der Waals surface area contributed by atoms with Gasteiger partial charge >= 0.3 is 0 Å². The Bertz CT molecular complexity index is 607. The van der Waals surface area contributed by atoms with Crippen molar-refractivity contribution in [2.45, 2.75) is 46.5 Å². The zero-order valence-electron chi connectivity index (χ0n) is 12.9. The Morgan fingerprint density at radius 2 is 2.29 bits per heavy atom. The standard InChI is InChI=1S/C15H22N4OS/c1-4-20-9-13-7-16-15-12(3)18(5-6-19(13)15)8-14-17-11(2)10-21-14/h7,10,12H,4-6,8-9H2,1-3H3/t12-/m1/s1. The summed E-state index contributed by atoms with van der Waals surface area (Å²) in [5.41, 5.74) is 2.30. The maximum absolute atomic E-state index is 5.52. The number of thiazole rings is 1. The van der Waals surface area contributed by atoms with Gasteiger partial charge in [-0.15, -0.1) is 11.3 Å². The Labute approximate surface area is 129 Å². The van der Waals surface area contributed by atoms with Crippen LogP contribution in [0, 0.1) is 6.92 Å². The van der Waals surface area contributed by atoms with Crippen LogP contribution in [-0.4, -0.2) is 32.6 Å². The molecule has 2 aromatic rings. The fourth-order valence-electron chi connectivity index (χ4n) is 2.79. The summed E-state index contributed by atoms with van der Waals surface area (Å²) in [4.78, 5) is 11.6. The van der Waals surface area contributed by atoms with Gasteiger partial charge in [-0.3, -0.25) is 4.90 Å². The highest BCUT2D eigenvalue weighted by Crippen LogP contribution is 2.27. The first-order valence-electron chi connectivity index (χ1n) is 7.46. The second kappa shape index (κ2) is 6.25. The van der Waals surface area contributed by atoms with Crippen LogP contribution in [0.25, 0.3) is 0 Å². The minimum absolute atomic E-state index is 0.318. The number of ether oxygens (including phenoxy) is 1. The van der Waals surface area contributed by atoms with Crippen molar-refractivity contribution in [2.24, 2.45) is 0 Å². The van der Waals surface area contributed by atoms with E-state index in [-0.39, 0.29) is 0 Å². The molecule has 0 radical (unpaired) electrons. The van der Waals surface area contributed by atoms with Crippen LogP contribution >= 0.6 is 11.3 Å². The van der Waals surface area contributed by atoms with Crippen molar-refractivity contribution in [3.05, 3.63) is 33.8 Å². The molecule has 0 saturated carbocycles. The molecule has 1 atom stereocenters. The van der Waals surface area contributed by atoms with Crippen LogP contribution < -0.4 is 0 Å². The van der Waals surface area contributed by atoms with Crippen LogP contribution in [-0.2, 0) is 24.4 Å². The van der Waals surface area contributed by atoms with E-state index < -0.39 is 0 Å². The molecule has 5 nitrogen and oxygen atoms in total. The van der Waals surface area contributed by atoms with Crippen molar-refractivity contribution >= 4 is 11.3 Å². The third-order valence-electron chi connectivity index (χ3n) is 3.96. The minimum atomic E-state index is 0.318. The first-order chi connectivity index (χ1) is 10.2. The third kappa shape index (κ3) is 3.02. The Morgan fingerprint density at radius 3 is 3.00 bits per heavy atom. The highest BCUT2D eigenvalue weighted by atomic mass is 32.1. The normalized spacial score (nSPS) is 18.9. The second-order valence-electron chi connectivity index (χ2n) is 5.43. The van der Waals surface area contributed by atoms with Gasteiger partial charge in [-0.2, -0.15) is 0 Å². The molecule has 1 aliphatic heterocycles. The predicted octanol–water partition coefficient (Wildman–Crippen LogP) is 2.76. The summed E-state index contributed by atoms with van der Waals surface area (Å²) in [7, 11) is 0. The van der Waals surface area contributed by atoms with Gasteiger partial charge in [-0.05, 0) is 20.8 Å². The maximum Gasteiger partial charge on any atom is 0.126 e. The highest BCUT2D eigenvalue weighted by molar-refractivity contribution is 7.09. The largest absolute Gasteiger partial charge is 0.375 e. The van der Waals surface area contributed by atoms with Gasteiger partial charge < -0.3 is 9.30 Å². The van der Waals surface area contributed by atoms with Gasteiger partial charge in [-0.25, -0.2) is 9.97 Å². The average molecular weight is 306 g/mol. The zero-order valence-corrected chi connectivity index (χ0v) is 13.7. The summed E-state index contributed by atoms with van der Waals surface area (Å²) in [6, 6.07) is 0.318. The van der Waals surface area contributed by atoms with Gasteiger partial charge in [0, 0.05) is 30.8 Å². The average Bonchev–Trinajstić information content (AvgIpc) is 3.06. The lowest BCUT2D eigenvalue weighted by molar-refractivity contribution is 0.119. The van der Waals surface area contributed by atoms with Crippen LogP contribution in [0.3, 0.4) is 0 Å². The van der Waals surface area contributed by atoms with Crippen molar-refractivity contribution in [1.82, 2.24) is 19.4 Å². The molecule has 0 spiro atoms. The molecular formula is C15H22N4OS. The fourth-order valence-corrected chi connectivity index (χ4v) is 3.59. The van der Waals surface area contributed by atoms with Gasteiger partial charge in [0.05, 0.1) is 31.1 Å². The van der Waals surface area contributed by atoms with Gasteiger partial charge in [0.15, 0.2) is 0 Å². The van der Waals surface area contributed by atoms with E-state index in [1.165, 1.54) is 10.7 Å². The van der Waals surface area contributed by atoms with Crippen molar-refractivity contribution in [2.75, 3.05) is 13.2 Å². The summed E-state index contributed by atoms with van der Waals surface area (Å²) in [5, 5.41) is 3.30. The van der Waals surface area contributed by atoms with Crippen molar-refractivity contribution in [3.8, 4) is 0 Å². The van der Waals surface area contributed by atoms with Gasteiger partial charge in [0.2, 0.25) is 0 Å². The van der Waals surface area contributed by atoms with Crippen LogP contribution in [0.2, 0.25) is 0 Å². The fraction of sp³-hybridized carbons (Fsp3) is 0.600. The lowest BCUT2D eigenvalue weighted by Gasteiger charge is -2.33. The number of rotatable bonds is 5. The van der Waals surface area contributed by atoms with Crippen LogP contribution in [0.1, 0.15) is 42.1 Å². The number of hydrogen-bond donors (Lipinski definition) is 0. The van der Waals surface area contributed by atoms with E-state index in [9.17, 15) is 0 Å². The van der Waals surface area contributed by atoms with Gasteiger partial charge in [0.25, 0.3) is 0 Å². The molecule has 0 aliphatic carbocycles. The lowest BCUT2D eigenvalue weighted by Crippen LogP contribution is -2.37. The smallest absolute Gasteiger partial charge is 0.126 e. The molecule has 0 unspecified atom stereocenters. The van der Waals surface area contributed by atoms with Crippen LogP contribution in [0.15, 0.2) is 11.6 Å². The summed E-state index contributed by atoms with van der Waals surface area (Å²) >= 11 is 1.74. The number of imidazole rings is 1. The minimum Gasteiger partial charge on any atom is -0.375 e. The Balaban J connectivity index is 1.73. The van der Waals surface area contributed by atoms with Crippen molar-refractivity contribution < 1.29 is 4.74 Å².